The number of aromatic hydroxyl groups is 1. The van der Waals surface area contributed by atoms with E-state index in [9.17, 15) is 23.1 Å². The van der Waals surface area contributed by atoms with Crippen molar-refractivity contribution in [1.82, 2.24) is 0 Å². The minimum atomic E-state index is -4.54. The van der Waals surface area contributed by atoms with Crippen molar-refractivity contribution in [2.24, 2.45) is 5.92 Å². The van der Waals surface area contributed by atoms with Crippen molar-refractivity contribution in [3.8, 4) is 5.75 Å². The fourth-order valence-corrected chi connectivity index (χ4v) is 2.83. The molecule has 21 heavy (non-hydrogen) atoms. The zero-order valence-electron chi connectivity index (χ0n) is 10.8. The van der Waals surface area contributed by atoms with E-state index in [0.29, 0.717) is 5.56 Å². The first-order valence-corrected chi connectivity index (χ1v) is 6.85. The van der Waals surface area contributed by atoms with Crippen molar-refractivity contribution in [2.45, 2.75) is 25.4 Å². The molecule has 2 rings (SSSR count). The molecule has 0 aliphatic heterocycles. The summed E-state index contributed by atoms with van der Waals surface area (Å²) in [5, 5.41) is 9.37. The third-order valence-electron chi connectivity index (χ3n) is 3.58. The molecule has 1 aliphatic rings. The van der Waals surface area contributed by atoms with Crippen LogP contribution in [0.5, 0.6) is 5.75 Å². The largest absolute Gasteiger partial charge is 0.505 e. The monoisotopic (exact) mass is 338 g/mol. The average Bonchev–Trinajstić information content (AvgIpc) is 2.37. The van der Waals surface area contributed by atoms with Crippen LogP contribution >= 0.6 is 23.2 Å². The van der Waals surface area contributed by atoms with Gasteiger partial charge in [0.1, 0.15) is 5.78 Å². The van der Waals surface area contributed by atoms with Gasteiger partial charge in [0.2, 0.25) is 0 Å². The highest BCUT2D eigenvalue weighted by molar-refractivity contribution is 6.37. The number of hydrogen-bond acceptors (Lipinski definition) is 2. The molecule has 1 N–H and O–H groups in total. The van der Waals surface area contributed by atoms with Crippen LogP contribution in [0, 0.1) is 5.92 Å². The Morgan fingerprint density at radius 3 is 2.24 bits per heavy atom. The molecular weight excluding hydrogens is 328 g/mol. The SMILES string of the molecule is CC1C(=O)CC(C(F)(F)F)=CC1c1cc(Cl)c(O)c(Cl)c1. The van der Waals surface area contributed by atoms with Crippen molar-refractivity contribution >= 4 is 29.0 Å². The molecule has 0 radical (unpaired) electrons. The highest BCUT2D eigenvalue weighted by atomic mass is 35.5. The normalized spacial score (nSPS) is 23.1. The molecular formula is C14H11Cl2F3O2. The van der Waals surface area contributed by atoms with E-state index in [1.165, 1.54) is 12.1 Å². The van der Waals surface area contributed by atoms with Gasteiger partial charge in [-0.1, -0.05) is 36.2 Å². The second-order valence-corrected chi connectivity index (χ2v) is 5.79. The Kier molecular flexibility index (Phi) is 4.26. The zero-order valence-corrected chi connectivity index (χ0v) is 12.4. The minimum Gasteiger partial charge on any atom is -0.505 e. The molecule has 0 saturated heterocycles. The van der Waals surface area contributed by atoms with E-state index in [4.69, 9.17) is 23.2 Å². The third-order valence-corrected chi connectivity index (χ3v) is 4.16. The second kappa shape index (κ2) is 5.54. The van der Waals surface area contributed by atoms with Crippen LogP contribution in [0.1, 0.15) is 24.8 Å². The Bertz CT molecular complexity index is 600. The maximum Gasteiger partial charge on any atom is 0.412 e. The summed E-state index contributed by atoms with van der Waals surface area (Å²) in [6.07, 6.45) is -4.13. The van der Waals surface area contributed by atoms with E-state index >= 15 is 0 Å². The number of rotatable bonds is 1. The fourth-order valence-electron chi connectivity index (χ4n) is 2.33. The Balaban J connectivity index is 2.52. The van der Waals surface area contributed by atoms with Crippen LogP contribution in [0.25, 0.3) is 0 Å². The van der Waals surface area contributed by atoms with E-state index in [-0.39, 0.29) is 15.8 Å². The summed E-state index contributed by atoms with van der Waals surface area (Å²) in [5.41, 5.74) is -0.499. The predicted molar refractivity (Wildman–Crippen MR) is 73.8 cm³/mol. The molecule has 0 aromatic heterocycles. The summed E-state index contributed by atoms with van der Waals surface area (Å²) < 4.78 is 38.5. The second-order valence-electron chi connectivity index (χ2n) is 4.98. The molecule has 1 aromatic rings. The van der Waals surface area contributed by atoms with Gasteiger partial charge < -0.3 is 5.11 Å². The zero-order chi connectivity index (χ0) is 15.9. The number of alkyl halides is 3. The number of allylic oxidation sites excluding steroid dienone is 2. The maximum atomic E-state index is 12.8. The summed E-state index contributed by atoms with van der Waals surface area (Å²) in [5.74, 6) is -2.22. The summed E-state index contributed by atoms with van der Waals surface area (Å²) in [7, 11) is 0. The molecule has 0 fully saturated rings. The maximum absolute atomic E-state index is 12.8. The number of phenols is 1. The average molecular weight is 339 g/mol. The van der Waals surface area contributed by atoms with Gasteiger partial charge in [0.15, 0.2) is 5.75 Å². The van der Waals surface area contributed by atoms with Crippen molar-refractivity contribution in [3.63, 3.8) is 0 Å². The molecule has 114 valence electrons. The van der Waals surface area contributed by atoms with Crippen molar-refractivity contribution < 1.29 is 23.1 Å². The van der Waals surface area contributed by atoms with Gasteiger partial charge in [0.05, 0.1) is 10.0 Å². The summed E-state index contributed by atoms with van der Waals surface area (Å²) in [4.78, 5) is 11.8. The van der Waals surface area contributed by atoms with E-state index in [1.807, 2.05) is 0 Å². The van der Waals surface area contributed by atoms with Gasteiger partial charge in [-0.05, 0) is 17.7 Å². The number of hydrogen-bond donors (Lipinski definition) is 1. The van der Waals surface area contributed by atoms with E-state index in [2.05, 4.69) is 0 Å². The number of carbonyl (C=O) groups is 1. The van der Waals surface area contributed by atoms with Gasteiger partial charge in [-0.3, -0.25) is 4.79 Å². The topological polar surface area (TPSA) is 37.3 Å². The molecule has 0 bridgehead atoms. The molecule has 1 aromatic carbocycles. The summed E-state index contributed by atoms with van der Waals surface area (Å²) in [6.45, 7) is 1.56. The van der Waals surface area contributed by atoms with Crippen molar-refractivity contribution in [1.29, 1.82) is 0 Å². The minimum absolute atomic E-state index is 0.0651. The lowest BCUT2D eigenvalue weighted by atomic mass is 9.77. The van der Waals surface area contributed by atoms with Gasteiger partial charge in [-0.15, -0.1) is 0 Å². The molecule has 2 nitrogen and oxygen atoms in total. The Labute approximate surface area is 129 Å². The number of Topliss-reactive ketones (excluding diaryl/α,β-unsaturated/α-hetero) is 1. The standard InChI is InChI=1S/C14H11Cl2F3O2/c1-6-9(4-8(5-12(6)20)14(17,18)19)7-2-10(15)13(21)11(16)3-7/h2-4,6,9,21H,5H2,1H3. The number of carbonyl (C=O) groups excluding carboxylic acids is 1. The van der Waals surface area contributed by atoms with Crippen molar-refractivity contribution in [3.05, 3.63) is 39.4 Å². The van der Waals surface area contributed by atoms with Crippen molar-refractivity contribution in [2.75, 3.05) is 0 Å². The molecule has 0 heterocycles. The van der Waals surface area contributed by atoms with Crippen LogP contribution in [0.15, 0.2) is 23.8 Å². The van der Waals surface area contributed by atoms with Gasteiger partial charge in [-0.25, -0.2) is 0 Å². The Morgan fingerprint density at radius 1 is 1.24 bits per heavy atom. The highest BCUT2D eigenvalue weighted by Crippen LogP contribution is 2.43. The van der Waals surface area contributed by atoms with Gasteiger partial charge >= 0.3 is 6.18 Å². The molecule has 7 heteroatoms. The molecule has 0 amide bonds. The van der Waals surface area contributed by atoms with E-state index in [1.54, 1.807) is 6.92 Å². The molecule has 0 spiro atoms. The van der Waals surface area contributed by atoms with Crippen LogP contribution in [0.2, 0.25) is 10.0 Å². The molecule has 2 unspecified atom stereocenters. The molecule has 1 aliphatic carbocycles. The fraction of sp³-hybridized carbons (Fsp3) is 0.357. The van der Waals surface area contributed by atoms with Crippen LogP contribution < -0.4 is 0 Å². The van der Waals surface area contributed by atoms with E-state index < -0.39 is 35.8 Å². The number of phenolic OH excluding ortho intramolecular Hbond substituents is 1. The summed E-state index contributed by atoms with van der Waals surface area (Å²) in [6, 6.07) is 2.65. The van der Waals surface area contributed by atoms with Crippen LogP contribution in [-0.4, -0.2) is 17.1 Å². The highest BCUT2D eigenvalue weighted by Gasteiger charge is 2.41. The lowest BCUT2D eigenvalue weighted by molar-refractivity contribution is -0.127. The number of ketones is 1. The quantitative estimate of drug-likeness (QED) is 0.741. The first kappa shape index (κ1) is 16.2. The van der Waals surface area contributed by atoms with Crippen LogP contribution in [0.3, 0.4) is 0 Å². The Hall–Kier alpha value is -1.20. The first-order chi connectivity index (χ1) is 9.61. The third kappa shape index (κ3) is 3.19. The predicted octanol–water partition coefficient (Wildman–Crippen LogP) is 4.88. The van der Waals surface area contributed by atoms with Gasteiger partial charge in [0.25, 0.3) is 0 Å². The smallest absolute Gasteiger partial charge is 0.412 e. The van der Waals surface area contributed by atoms with Gasteiger partial charge in [-0.2, -0.15) is 13.2 Å². The lowest BCUT2D eigenvalue weighted by Crippen LogP contribution is -2.28. The first-order valence-electron chi connectivity index (χ1n) is 6.09. The summed E-state index contributed by atoms with van der Waals surface area (Å²) >= 11 is 11.6. The Morgan fingerprint density at radius 2 is 1.76 bits per heavy atom. The van der Waals surface area contributed by atoms with Crippen LogP contribution in [-0.2, 0) is 4.79 Å². The van der Waals surface area contributed by atoms with Gasteiger partial charge in [0, 0.05) is 23.8 Å². The van der Waals surface area contributed by atoms with Crippen LogP contribution in [0.4, 0.5) is 13.2 Å². The number of halogens is 5. The lowest BCUT2D eigenvalue weighted by Gasteiger charge is -2.28. The molecule has 0 saturated carbocycles. The molecule has 2 atom stereocenters. The van der Waals surface area contributed by atoms with E-state index in [0.717, 1.165) is 6.08 Å². The number of benzene rings is 1.